The molecule has 0 unspecified atom stereocenters. The first kappa shape index (κ1) is 14.7. The van der Waals surface area contributed by atoms with Crippen molar-refractivity contribution in [2.45, 2.75) is 27.2 Å². The maximum atomic E-state index is 11.6. The molecule has 3 nitrogen and oxygen atoms in total. The molecule has 1 aromatic carbocycles. The second kappa shape index (κ2) is 6.14. The largest absolute Gasteiger partial charge is 0.466 e. The van der Waals surface area contributed by atoms with E-state index < -0.39 is 0 Å². The highest BCUT2D eigenvalue weighted by Crippen LogP contribution is 2.22. The Balaban J connectivity index is 2.33. The van der Waals surface area contributed by atoms with Crippen LogP contribution in [0.2, 0.25) is 5.02 Å². The van der Waals surface area contributed by atoms with Crippen LogP contribution in [0.3, 0.4) is 0 Å². The van der Waals surface area contributed by atoms with E-state index in [9.17, 15) is 4.79 Å². The fourth-order valence-electron chi connectivity index (χ4n) is 2.36. The maximum absolute atomic E-state index is 11.6. The Morgan fingerprint density at radius 2 is 1.90 bits per heavy atom. The molecular weight excluding hydrogens is 274 g/mol. The molecule has 0 amide bonds. The zero-order chi connectivity index (χ0) is 14.7. The summed E-state index contributed by atoms with van der Waals surface area (Å²) in [6.45, 7) is 6.26. The lowest BCUT2D eigenvalue weighted by atomic mass is 10.2. The van der Waals surface area contributed by atoms with Gasteiger partial charge >= 0.3 is 5.97 Å². The molecule has 0 bridgehead atoms. The summed E-state index contributed by atoms with van der Waals surface area (Å²) in [6, 6.07) is 9.69. The van der Waals surface area contributed by atoms with Crippen LogP contribution in [-0.2, 0) is 16.0 Å². The van der Waals surface area contributed by atoms with Crippen molar-refractivity contribution in [2.24, 2.45) is 0 Å². The molecule has 0 aliphatic rings. The quantitative estimate of drug-likeness (QED) is 0.801. The topological polar surface area (TPSA) is 31.2 Å². The monoisotopic (exact) mass is 291 g/mol. The number of nitrogens with zero attached hydrogens (tertiary/aromatic N) is 1. The third-order valence-electron chi connectivity index (χ3n) is 3.26. The minimum Gasteiger partial charge on any atom is -0.466 e. The van der Waals surface area contributed by atoms with Gasteiger partial charge in [0.2, 0.25) is 0 Å². The van der Waals surface area contributed by atoms with E-state index in [1.807, 2.05) is 51.1 Å². The van der Waals surface area contributed by atoms with Crippen LogP contribution in [0.25, 0.3) is 5.69 Å². The normalized spacial score (nSPS) is 10.6. The molecule has 2 rings (SSSR count). The molecule has 0 aliphatic heterocycles. The van der Waals surface area contributed by atoms with Gasteiger partial charge in [0.1, 0.15) is 0 Å². The number of benzene rings is 1. The van der Waals surface area contributed by atoms with E-state index in [0.29, 0.717) is 18.1 Å². The summed E-state index contributed by atoms with van der Waals surface area (Å²) < 4.78 is 7.12. The van der Waals surface area contributed by atoms with Gasteiger partial charge in [0.25, 0.3) is 0 Å². The number of aryl methyl sites for hydroxylation is 1. The summed E-state index contributed by atoms with van der Waals surface area (Å²) in [5.41, 5.74) is 4.18. The first-order chi connectivity index (χ1) is 9.52. The third-order valence-corrected chi connectivity index (χ3v) is 3.51. The molecule has 0 fully saturated rings. The smallest absolute Gasteiger partial charge is 0.310 e. The summed E-state index contributed by atoms with van der Waals surface area (Å²) >= 11 is 5.92. The first-order valence-electron chi connectivity index (χ1n) is 6.62. The van der Waals surface area contributed by atoms with Crippen LogP contribution in [0.1, 0.15) is 23.9 Å². The lowest BCUT2D eigenvalue weighted by Crippen LogP contribution is -2.08. The number of hydrogen-bond donors (Lipinski definition) is 0. The van der Waals surface area contributed by atoms with Gasteiger partial charge in [0, 0.05) is 22.1 Å². The van der Waals surface area contributed by atoms with Gasteiger partial charge in [0.15, 0.2) is 0 Å². The van der Waals surface area contributed by atoms with Crippen LogP contribution in [0, 0.1) is 13.8 Å². The second-order valence-electron chi connectivity index (χ2n) is 4.69. The zero-order valence-electron chi connectivity index (χ0n) is 11.9. The Morgan fingerprint density at radius 1 is 1.25 bits per heavy atom. The van der Waals surface area contributed by atoms with Crippen LogP contribution < -0.4 is 0 Å². The average molecular weight is 292 g/mol. The number of esters is 1. The number of ether oxygens (including phenoxy) is 1. The number of halogens is 1. The van der Waals surface area contributed by atoms with Gasteiger partial charge in [-0.05, 0) is 56.7 Å². The lowest BCUT2D eigenvalue weighted by Gasteiger charge is -2.10. The van der Waals surface area contributed by atoms with Gasteiger partial charge in [-0.15, -0.1) is 0 Å². The van der Waals surface area contributed by atoms with E-state index in [2.05, 4.69) is 4.57 Å². The molecule has 0 saturated heterocycles. The average Bonchev–Trinajstić information content (AvgIpc) is 2.66. The van der Waals surface area contributed by atoms with Crippen LogP contribution in [0.15, 0.2) is 30.3 Å². The Bertz CT molecular complexity index is 614. The minimum atomic E-state index is -0.191. The van der Waals surface area contributed by atoms with Crippen LogP contribution in [-0.4, -0.2) is 17.1 Å². The summed E-state index contributed by atoms with van der Waals surface area (Å²) in [5.74, 6) is -0.191. The van der Waals surface area contributed by atoms with Gasteiger partial charge in [-0.25, -0.2) is 0 Å². The summed E-state index contributed by atoms with van der Waals surface area (Å²) in [7, 11) is 0. The van der Waals surface area contributed by atoms with E-state index in [0.717, 1.165) is 22.6 Å². The number of carbonyl (C=O) groups is 1. The number of hydrogen-bond acceptors (Lipinski definition) is 2. The zero-order valence-corrected chi connectivity index (χ0v) is 12.7. The number of aromatic nitrogens is 1. The fourth-order valence-corrected chi connectivity index (χ4v) is 2.49. The molecule has 0 spiro atoms. The molecule has 4 heteroatoms. The Hall–Kier alpha value is -1.74. The van der Waals surface area contributed by atoms with Crippen molar-refractivity contribution in [3.05, 3.63) is 52.3 Å². The molecule has 2 aromatic rings. The molecule has 1 aromatic heterocycles. The predicted octanol–water partition coefficient (Wildman–Crippen LogP) is 3.85. The molecule has 0 atom stereocenters. The standard InChI is InChI=1S/C16H18ClNO2/c1-4-20-16(19)10-13-9-11(2)18(12(13)3)15-7-5-14(17)6-8-15/h5-9H,4,10H2,1-3H3. The minimum absolute atomic E-state index is 0.191. The Labute approximate surface area is 124 Å². The van der Waals surface area contributed by atoms with Crippen molar-refractivity contribution in [1.82, 2.24) is 4.57 Å². The van der Waals surface area contributed by atoms with Gasteiger partial charge in [0.05, 0.1) is 13.0 Å². The highest BCUT2D eigenvalue weighted by Gasteiger charge is 2.14. The summed E-state index contributed by atoms with van der Waals surface area (Å²) in [5, 5.41) is 0.711. The fraction of sp³-hybridized carbons (Fsp3) is 0.312. The predicted molar refractivity (Wildman–Crippen MR) is 80.6 cm³/mol. The molecule has 0 N–H and O–H groups in total. The van der Waals surface area contributed by atoms with Crippen molar-refractivity contribution in [2.75, 3.05) is 6.61 Å². The van der Waals surface area contributed by atoms with E-state index in [1.54, 1.807) is 0 Å². The van der Waals surface area contributed by atoms with Crippen molar-refractivity contribution >= 4 is 17.6 Å². The van der Waals surface area contributed by atoms with Crippen molar-refractivity contribution in [3.8, 4) is 5.69 Å². The van der Waals surface area contributed by atoms with E-state index >= 15 is 0 Å². The Kier molecular flexibility index (Phi) is 4.50. The van der Waals surface area contributed by atoms with Gasteiger partial charge in [-0.1, -0.05) is 11.6 Å². The molecule has 20 heavy (non-hydrogen) atoms. The SMILES string of the molecule is CCOC(=O)Cc1cc(C)n(-c2ccc(Cl)cc2)c1C. The van der Waals surface area contributed by atoms with Crippen LogP contribution >= 0.6 is 11.6 Å². The van der Waals surface area contributed by atoms with Crippen molar-refractivity contribution < 1.29 is 9.53 Å². The van der Waals surface area contributed by atoms with Gasteiger partial charge in [-0.3, -0.25) is 4.79 Å². The summed E-state index contributed by atoms with van der Waals surface area (Å²) in [4.78, 5) is 11.6. The van der Waals surface area contributed by atoms with Crippen molar-refractivity contribution in [3.63, 3.8) is 0 Å². The van der Waals surface area contributed by atoms with Crippen LogP contribution in [0.4, 0.5) is 0 Å². The second-order valence-corrected chi connectivity index (χ2v) is 5.13. The molecule has 0 radical (unpaired) electrons. The lowest BCUT2D eigenvalue weighted by molar-refractivity contribution is -0.142. The highest BCUT2D eigenvalue weighted by atomic mass is 35.5. The van der Waals surface area contributed by atoms with Crippen molar-refractivity contribution in [1.29, 1.82) is 0 Å². The summed E-state index contributed by atoms with van der Waals surface area (Å²) in [6.07, 6.45) is 0.307. The van der Waals surface area contributed by atoms with Crippen LogP contribution in [0.5, 0.6) is 0 Å². The number of rotatable bonds is 4. The molecule has 106 valence electrons. The first-order valence-corrected chi connectivity index (χ1v) is 7.00. The number of carbonyl (C=O) groups excluding carboxylic acids is 1. The molecule has 0 saturated carbocycles. The van der Waals surface area contributed by atoms with E-state index in [-0.39, 0.29) is 5.97 Å². The highest BCUT2D eigenvalue weighted by molar-refractivity contribution is 6.30. The molecule has 1 heterocycles. The van der Waals surface area contributed by atoms with Gasteiger partial charge in [-0.2, -0.15) is 0 Å². The Morgan fingerprint density at radius 3 is 2.50 bits per heavy atom. The van der Waals surface area contributed by atoms with Gasteiger partial charge < -0.3 is 9.30 Å². The molecular formula is C16H18ClNO2. The maximum Gasteiger partial charge on any atom is 0.310 e. The third kappa shape index (κ3) is 3.05. The van der Waals surface area contributed by atoms with E-state index in [1.165, 1.54) is 0 Å². The van der Waals surface area contributed by atoms with E-state index in [4.69, 9.17) is 16.3 Å². The molecule has 0 aliphatic carbocycles.